The van der Waals surface area contributed by atoms with Crippen molar-refractivity contribution in [2.24, 2.45) is 5.92 Å². The SMILES string of the molecule is C=C(C)NCCC[C@@H]1CN(CC(C)C)CCO1. The summed E-state index contributed by atoms with van der Waals surface area (Å²) >= 11 is 0. The van der Waals surface area contributed by atoms with Gasteiger partial charge >= 0.3 is 0 Å². The van der Waals surface area contributed by atoms with E-state index in [4.69, 9.17) is 4.74 Å². The van der Waals surface area contributed by atoms with Gasteiger partial charge in [-0.2, -0.15) is 0 Å². The van der Waals surface area contributed by atoms with Crippen molar-refractivity contribution < 1.29 is 4.74 Å². The Morgan fingerprint density at radius 2 is 2.29 bits per heavy atom. The molecular weight excluding hydrogens is 212 g/mol. The van der Waals surface area contributed by atoms with Gasteiger partial charge < -0.3 is 10.1 Å². The standard InChI is InChI=1S/C14H28N2O/c1-12(2)10-16-8-9-17-14(11-16)6-5-7-15-13(3)4/h12,14-15H,3,5-11H2,1-2,4H3/t14-/m1/s1. The van der Waals surface area contributed by atoms with E-state index >= 15 is 0 Å². The molecule has 3 heteroatoms. The van der Waals surface area contributed by atoms with E-state index in [1.807, 2.05) is 6.92 Å². The van der Waals surface area contributed by atoms with Gasteiger partial charge in [0.15, 0.2) is 0 Å². The molecule has 0 saturated carbocycles. The summed E-state index contributed by atoms with van der Waals surface area (Å²) in [6, 6.07) is 0. The van der Waals surface area contributed by atoms with Crippen LogP contribution in [-0.4, -0.2) is 43.8 Å². The molecular formula is C14H28N2O. The molecule has 0 spiro atoms. The van der Waals surface area contributed by atoms with Gasteiger partial charge in [0, 0.05) is 31.9 Å². The molecule has 1 aliphatic rings. The lowest BCUT2D eigenvalue weighted by molar-refractivity contribution is -0.0356. The molecule has 0 amide bonds. The molecule has 0 unspecified atom stereocenters. The molecule has 0 radical (unpaired) electrons. The second kappa shape index (κ2) is 7.72. The Kier molecular flexibility index (Phi) is 6.60. The highest BCUT2D eigenvalue weighted by Gasteiger charge is 2.20. The molecule has 0 aromatic carbocycles. The van der Waals surface area contributed by atoms with Crippen LogP contribution in [0.25, 0.3) is 0 Å². The maximum absolute atomic E-state index is 5.80. The van der Waals surface area contributed by atoms with Gasteiger partial charge in [0.25, 0.3) is 0 Å². The highest BCUT2D eigenvalue weighted by Crippen LogP contribution is 2.11. The second-order valence-electron chi connectivity index (χ2n) is 5.50. The Morgan fingerprint density at radius 1 is 1.53 bits per heavy atom. The van der Waals surface area contributed by atoms with E-state index in [9.17, 15) is 0 Å². The maximum Gasteiger partial charge on any atom is 0.0703 e. The van der Waals surface area contributed by atoms with E-state index in [0.717, 1.165) is 50.7 Å². The summed E-state index contributed by atoms with van der Waals surface area (Å²) in [5.41, 5.74) is 1.05. The molecule has 0 aromatic heterocycles. The normalized spacial score (nSPS) is 21.8. The topological polar surface area (TPSA) is 24.5 Å². The van der Waals surface area contributed by atoms with E-state index < -0.39 is 0 Å². The smallest absolute Gasteiger partial charge is 0.0703 e. The first-order valence-electron chi connectivity index (χ1n) is 6.81. The van der Waals surface area contributed by atoms with E-state index in [0.29, 0.717) is 6.10 Å². The fourth-order valence-electron chi connectivity index (χ4n) is 2.27. The molecule has 1 saturated heterocycles. The number of hydrogen-bond acceptors (Lipinski definition) is 3. The average molecular weight is 240 g/mol. The monoisotopic (exact) mass is 240 g/mol. The Labute approximate surface area is 106 Å². The summed E-state index contributed by atoms with van der Waals surface area (Å²) in [4.78, 5) is 2.53. The van der Waals surface area contributed by atoms with Gasteiger partial charge in [-0.25, -0.2) is 0 Å². The number of morpholine rings is 1. The van der Waals surface area contributed by atoms with Crippen LogP contribution < -0.4 is 5.32 Å². The van der Waals surface area contributed by atoms with Crippen LogP contribution >= 0.6 is 0 Å². The van der Waals surface area contributed by atoms with Crippen LogP contribution in [-0.2, 0) is 4.74 Å². The van der Waals surface area contributed by atoms with E-state index in [1.165, 1.54) is 6.54 Å². The lowest BCUT2D eigenvalue weighted by Crippen LogP contribution is -2.44. The van der Waals surface area contributed by atoms with Crippen molar-refractivity contribution in [2.75, 3.05) is 32.8 Å². The molecule has 0 aromatic rings. The van der Waals surface area contributed by atoms with Crippen LogP contribution in [0.5, 0.6) is 0 Å². The lowest BCUT2D eigenvalue weighted by Gasteiger charge is -2.34. The summed E-state index contributed by atoms with van der Waals surface area (Å²) in [6.07, 6.45) is 2.73. The number of ether oxygens (including phenoxy) is 1. The number of allylic oxidation sites excluding steroid dienone is 1. The molecule has 1 atom stereocenters. The molecule has 0 aliphatic carbocycles. The van der Waals surface area contributed by atoms with E-state index in [1.54, 1.807) is 0 Å². The Balaban J connectivity index is 2.14. The van der Waals surface area contributed by atoms with Crippen molar-refractivity contribution in [3.63, 3.8) is 0 Å². The van der Waals surface area contributed by atoms with Crippen molar-refractivity contribution in [1.29, 1.82) is 0 Å². The summed E-state index contributed by atoms with van der Waals surface area (Å²) in [7, 11) is 0. The molecule has 17 heavy (non-hydrogen) atoms. The molecule has 1 heterocycles. The van der Waals surface area contributed by atoms with Crippen LogP contribution in [0, 0.1) is 5.92 Å². The van der Waals surface area contributed by atoms with Crippen molar-refractivity contribution in [3.8, 4) is 0 Å². The molecule has 1 N–H and O–H groups in total. The van der Waals surface area contributed by atoms with Gasteiger partial charge in [-0.05, 0) is 25.7 Å². The lowest BCUT2D eigenvalue weighted by atomic mass is 10.1. The zero-order valence-electron chi connectivity index (χ0n) is 11.7. The van der Waals surface area contributed by atoms with Gasteiger partial charge in [-0.3, -0.25) is 4.90 Å². The molecule has 1 aliphatic heterocycles. The second-order valence-corrected chi connectivity index (χ2v) is 5.50. The molecule has 3 nitrogen and oxygen atoms in total. The largest absolute Gasteiger partial charge is 0.389 e. The fraction of sp³-hybridized carbons (Fsp3) is 0.857. The highest BCUT2D eigenvalue weighted by atomic mass is 16.5. The minimum atomic E-state index is 0.425. The van der Waals surface area contributed by atoms with Crippen LogP contribution in [0.3, 0.4) is 0 Å². The Hall–Kier alpha value is -0.540. The van der Waals surface area contributed by atoms with Gasteiger partial charge in [0.2, 0.25) is 0 Å². The zero-order valence-corrected chi connectivity index (χ0v) is 11.7. The summed E-state index contributed by atoms with van der Waals surface area (Å²) in [5, 5.41) is 3.26. The predicted molar refractivity (Wildman–Crippen MR) is 73.1 cm³/mol. The number of hydrogen-bond donors (Lipinski definition) is 1. The first kappa shape index (κ1) is 14.5. The minimum Gasteiger partial charge on any atom is -0.389 e. The highest BCUT2D eigenvalue weighted by molar-refractivity contribution is 4.84. The third kappa shape index (κ3) is 6.69. The number of nitrogens with one attached hydrogen (secondary N) is 1. The van der Waals surface area contributed by atoms with Crippen molar-refractivity contribution in [2.45, 2.75) is 39.7 Å². The van der Waals surface area contributed by atoms with Crippen molar-refractivity contribution in [1.82, 2.24) is 10.2 Å². The summed E-state index contributed by atoms with van der Waals surface area (Å²) in [5.74, 6) is 0.749. The van der Waals surface area contributed by atoms with E-state index in [2.05, 4.69) is 30.6 Å². The minimum absolute atomic E-state index is 0.425. The van der Waals surface area contributed by atoms with Gasteiger partial charge in [0.1, 0.15) is 0 Å². The third-order valence-electron chi connectivity index (χ3n) is 2.98. The number of nitrogens with zero attached hydrogens (tertiary/aromatic N) is 1. The third-order valence-corrected chi connectivity index (χ3v) is 2.98. The molecule has 1 rings (SSSR count). The zero-order chi connectivity index (χ0) is 12.7. The van der Waals surface area contributed by atoms with Gasteiger partial charge in [-0.15, -0.1) is 0 Å². The maximum atomic E-state index is 5.80. The predicted octanol–water partition coefficient (Wildman–Crippen LogP) is 2.25. The van der Waals surface area contributed by atoms with E-state index in [-0.39, 0.29) is 0 Å². The Morgan fingerprint density at radius 3 is 2.94 bits per heavy atom. The first-order valence-corrected chi connectivity index (χ1v) is 6.81. The molecule has 0 bridgehead atoms. The quantitative estimate of drug-likeness (QED) is 0.691. The molecule has 1 fully saturated rings. The van der Waals surface area contributed by atoms with Crippen LogP contribution in [0.2, 0.25) is 0 Å². The molecule has 100 valence electrons. The number of rotatable bonds is 7. The van der Waals surface area contributed by atoms with Crippen LogP contribution in [0.15, 0.2) is 12.3 Å². The van der Waals surface area contributed by atoms with Gasteiger partial charge in [0.05, 0.1) is 12.7 Å². The summed E-state index contributed by atoms with van der Waals surface area (Å²) in [6.45, 7) is 15.7. The Bertz CT molecular complexity index is 228. The van der Waals surface area contributed by atoms with Crippen LogP contribution in [0.1, 0.15) is 33.6 Å². The van der Waals surface area contributed by atoms with Crippen molar-refractivity contribution in [3.05, 3.63) is 12.3 Å². The fourth-order valence-corrected chi connectivity index (χ4v) is 2.27. The average Bonchev–Trinajstić information content (AvgIpc) is 2.24. The summed E-state index contributed by atoms with van der Waals surface area (Å²) < 4.78 is 5.80. The van der Waals surface area contributed by atoms with Crippen molar-refractivity contribution >= 4 is 0 Å². The first-order chi connectivity index (χ1) is 8.08. The van der Waals surface area contributed by atoms with Gasteiger partial charge in [-0.1, -0.05) is 20.4 Å². The van der Waals surface area contributed by atoms with Crippen LogP contribution in [0.4, 0.5) is 0 Å².